The van der Waals surface area contributed by atoms with E-state index in [-0.39, 0.29) is 0 Å². The lowest BCUT2D eigenvalue weighted by Crippen LogP contribution is -1.54. The lowest BCUT2D eigenvalue weighted by atomic mass is 10.4. The van der Waals surface area contributed by atoms with Crippen molar-refractivity contribution in [2.24, 2.45) is 4.40 Å². The largest absolute Gasteiger partial charge is 0.228 e. The first-order valence-electron chi connectivity index (χ1n) is 2.37. The van der Waals surface area contributed by atoms with Crippen molar-refractivity contribution in [1.29, 1.82) is 0 Å². The Balaban J connectivity index is 3.35. The van der Waals surface area contributed by atoms with Gasteiger partial charge in [-0.15, -0.1) is 0 Å². The third-order valence-electron chi connectivity index (χ3n) is 0.567. The van der Waals surface area contributed by atoms with Gasteiger partial charge in [-0.2, -0.15) is 0 Å². The highest BCUT2D eigenvalue weighted by atomic mass is 32.1. The summed E-state index contributed by atoms with van der Waals surface area (Å²) in [5.74, 6) is 0. The van der Waals surface area contributed by atoms with Crippen molar-refractivity contribution >= 4 is 19.0 Å². The molecule has 0 spiro atoms. The monoisotopic (exact) mass is 127 g/mol. The first kappa shape index (κ1) is 7.50. The van der Waals surface area contributed by atoms with Gasteiger partial charge in [0.15, 0.2) is 0 Å². The normalized spacial score (nSPS) is 12.8. The molecule has 0 amide bonds. The molecule has 0 aliphatic carbocycles. The van der Waals surface area contributed by atoms with Crippen molar-refractivity contribution in [2.45, 2.75) is 6.92 Å². The Bertz CT molecular complexity index is 99.7. The zero-order valence-corrected chi connectivity index (χ0v) is 5.68. The van der Waals surface area contributed by atoms with Crippen molar-refractivity contribution in [2.75, 3.05) is 0 Å². The fourth-order valence-corrected chi connectivity index (χ4v) is 0.340. The Kier molecular flexibility index (Phi) is 6.09. The van der Waals surface area contributed by atoms with Crippen LogP contribution in [-0.4, -0.2) is 6.21 Å². The number of nitrogens with zero attached hydrogens (tertiary/aromatic N) is 1. The highest BCUT2D eigenvalue weighted by Gasteiger charge is 1.56. The van der Waals surface area contributed by atoms with E-state index in [9.17, 15) is 0 Å². The summed E-state index contributed by atoms with van der Waals surface area (Å²) < 4.78 is 3.46. The second-order valence-electron chi connectivity index (χ2n) is 1.18. The molecule has 0 aliphatic rings. The SMILES string of the molecule is C/C=C\C=C/C=NS. The molecule has 8 heavy (non-hydrogen) atoms. The minimum atomic E-state index is 1.61. The standard InChI is InChI=1S/C6H9NS/c1-2-3-4-5-6-7-8/h2-6,8H,1H3/b3-2-,5-4-,7-6?. The molecule has 0 heterocycles. The fraction of sp³-hybridized carbons (Fsp3) is 0.167. The molecule has 0 aromatic rings. The van der Waals surface area contributed by atoms with Crippen LogP contribution >= 0.6 is 12.8 Å². The number of thiol groups is 1. The van der Waals surface area contributed by atoms with E-state index in [0.717, 1.165) is 0 Å². The van der Waals surface area contributed by atoms with Crippen LogP contribution in [0.25, 0.3) is 0 Å². The van der Waals surface area contributed by atoms with E-state index in [0.29, 0.717) is 0 Å². The summed E-state index contributed by atoms with van der Waals surface area (Å²) in [4.78, 5) is 0. The quantitative estimate of drug-likeness (QED) is 0.331. The van der Waals surface area contributed by atoms with Gasteiger partial charge in [0.05, 0.1) is 0 Å². The van der Waals surface area contributed by atoms with E-state index < -0.39 is 0 Å². The molecule has 0 aromatic heterocycles. The van der Waals surface area contributed by atoms with Crippen LogP contribution in [0.5, 0.6) is 0 Å². The average Bonchev–Trinajstić information content (AvgIpc) is 1.81. The first-order chi connectivity index (χ1) is 3.91. The molecule has 0 aliphatic heterocycles. The third-order valence-corrected chi connectivity index (χ3v) is 0.701. The van der Waals surface area contributed by atoms with Crippen LogP contribution in [0.4, 0.5) is 0 Å². The van der Waals surface area contributed by atoms with Gasteiger partial charge in [0.25, 0.3) is 0 Å². The van der Waals surface area contributed by atoms with Gasteiger partial charge < -0.3 is 0 Å². The molecule has 0 bridgehead atoms. The van der Waals surface area contributed by atoms with Gasteiger partial charge in [0.1, 0.15) is 0 Å². The number of hydrogen-bond acceptors (Lipinski definition) is 2. The molecule has 2 heteroatoms. The molecule has 0 saturated carbocycles. The van der Waals surface area contributed by atoms with Crippen molar-refractivity contribution in [1.82, 2.24) is 0 Å². The topological polar surface area (TPSA) is 12.4 Å². The van der Waals surface area contributed by atoms with Crippen LogP contribution in [0.2, 0.25) is 0 Å². The predicted molar refractivity (Wildman–Crippen MR) is 41.4 cm³/mol. The maximum absolute atomic E-state index is 3.62. The van der Waals surface area contributed by atoms with Crippen LogP contribution in [-0.2, 0) is 0 Å². The smallest absolute Gasteiger partial charge is 0.0348 e. The second kappa shape index (κ2) is 6.50. The van der Waals surface area contributed by atoms with Crippen LogP contribution in [0.3, 0.4) is 0 Å². The highest BCUT2D eigenvalue weighted by Crippen LogP contribution is 1.74. The van der Waals surface area contributed by atoms with E-state index in [1.54, 1.807) is 6.21 Å². The average molecular weight is 127 g/mol. The minimum absolute atomic E-state index is 1.61. The molecule has 0 aromatic carbocycles. The Morgan fingerprint density at radius 3 is 2.50 bits per heavy atom. The van der Waals surface area contributed by atoms with E-state index in [2.05, 4.69) is 17.2 Å². The maximum Gasteiger partial charge on any atom is 0.0348 e. The summed E-state index contributed by atoms with van der Waals surface area (Å²) in [6, 6.07) is 0. The van der Waals surface area contributed by atoms with Gasteiger partial charge in [0.2, 0.25) is 0 Å². The van der Waals surface area contributed by atoms with Gasteiger partial charge >= 0.3 is 0 Å². The molecule has 44 valence electrons. The van der Waals surface area contributed by atoms with Crippen molar-refractivity contribution in [3.63, 3.8) is 0 Å². The maximum atomic E-state index is 3.62. The van der Waals surface area contributed by atoms with Gasteiger partial charge in [-0.3, -0.25) is 0 Å². The van der Waals surface area contributed by atoms with E-state index in [1.165, 1.54) is 0 Å². The zero-order chi connectivity index (χ0) is 6.24. The Labute approximate surface area is 55.4 Å². The van der Waals surface area contributed by atoms with Crippen LogP contribution in [0.15, 0.2) is 28.7 Å². The van der Waals surface area contributed by atoms with E-state index in [4.69, 9.17) is 0 Å². The van der Waals surface area contributed by atoms with Crippen molar-refractivity contribution in [3.8, 4) is 0 Å². The first-order valence-corrected chi connectivity index (χ1v) is 2.77. The third kappa shape index (κ3) is 5.50. The fourth-order valence-electron chi connectivity index (χ4n) is 0.263. The Morgan fingerprint density at radius 2 is 2.00 bits per heavy atom. The molecule has 0 rings (SSSR count). The Hall–Kier alpha value is -0.500. The lowest BCUT2D eigenvalue weighted by molar-refractivity contribution is 1.74. The molecule has 0 atom stereocenters. The van der Waals surface area contributed by atoms with Gasteiger partial charge in [-0.1, -0.05) is 18.2 Å². The molecular formula is C6H9NS. The summed E-state index contributed by atoms with van der Waals surface area (Å²) in [7, 11) is 0. The van der Waals surface area contributed by atoms with Crippen LogP contribution in [0.1, 0.15) is 6.92 Å². The number of allylic oxidation sites excluding steroid dienone is 4. The van der Waals surface area contributed by atoms with Gasteiger partial charge in [-0.05, 0) is 25.8 Å². The lowest BCUT2D eigenvalue weighted by Gasteiger charge is -1.67. The van der Waals surface area contributed by atoms with E-state index >= 15 is 0 Å². The Morgan fingerprint density at radius 1 is 1.25 bits per heavy atom. The molecular weight excluding hydrogens is 118 g/mol. The molecule has 1 nitrogen and oxygen atoms in total. The molecule has 0 radical (unpaired) electrons. The summed E-state index contributed by atoms with van der Waals surface area (Å²) in [5.41, 5.74) is 0. The molecule has 0 saturated heterocycles. The van der Waals surface area contributed by atoms with Crippen LogP contribution < -0.4 is 0 Å². The van der Waals surface area contributed by atoms with E-state index in [1.807, 2.05) is 31.2 Å². The van der Waals surface area contributed by atoms with Crippen molar-refractivity contribution in [3.05, 3.63) is 24.3 Å². The summed E-state index contributed by atoms with van der Waals surface area (Å²) in [6.07, 6.45) is 9.19. The second-order valence-corrected chi connectivity index (χ2v) is 1.41. The van der Waals surface area contributed by atoms with Crippen LogP contribution in [0, 0.1) is 0 Å². The minimum Gasteiger partial charge on any atom is -0.228 e. The van der Waals surface area contributed by atoms with Gasteiger partial charge in [-0.25, -0.2) is 4.40 Å². The zero-order valence-electron chi connectivity index (χ0n) is 4.78. The van der Waals surface area contributed by atoms with Crippen molar-refractivity contribution < 1.29 is 0 Å². The molecule has 0 fully saturated rings. The molecule has 0 N–H and O–H groups in total. The molecule has 0 unspecified atom stereocenters. The number of hydrogen-bond donors (Lipinski definition) is 1. The summed E-state index contributed by atoms with van der Waals surface area (Å²) in [5, 5.41) is 0. The predicted octanol–water partition coefficient (Wildman–Crippen LogP) is 2.03. The number of rotatable bonds is 2. The summed E-state index contributed by atoms with van der Waals surface area (Å²) in [6.45, 7) is 1.96. The highest BCUT2D eigenvalue weighted by molar-refractivity contribution is 7.78. The van der Waals surface area contributed by atoms with Gasteiger partial charge in [0, 0.05) is 6.21 Å². The summed E-state index contributed by atoms with van der Waals surface area (Å²) >= 11 is 3.62.